The summed E-state index contributed by atoms with van der Waals surface area (Å²) in [6, 6.07) is 0. The number of carbonyl (C=O) groups excluding carboxylic acids is 4. The predicted octanol–water partition coefficient (Wildman–Crippen LogP) is 4.78. The van der Waals surface area contributed by atoms with Gasteiger partial charge in [-0.05, 0) is 6.42 Å². The van der Waals surface area contributed by atoms with Gasteiger partial charge in [0.1, 0.15) is 20.4 Å². The van der Waals surface area contributed by atoms with Gasteiger partial charge in [0.15, 0.2) is 0 Å². The molecule has 1 aliphatic carbocycles. The number of hydrogen-bond acceptors (Lipinski definition) is 5. The summed E-state index contributed by atoms with van der Waals surface area (Å²) >= 11 is 0. The Bertz CT molecular complexity index is 435. The summed E-state index contributed by atoms with van der Waals surface area (Å²) in [4.78, 5) is 34.7. The van der Waals surface area contributed by atoms with Gasteiger partial charge >= 0.3 is 44.8 Å². The van der Waals surface area contributed by atoms with Gasteiger partial charge in [-0.1, -0.05) is 23.8 Å². The van der Waals surface area contributed by atoms with E-state index in [1.54, 1.807) is 0 Å². The number of allylic oxidation sites excluding steroid dienone is 3. The third-order valence-electron chi connectivity index (χ3n) is 1.45. The van der Waals surface area contributed by atoms with Crippen LogP contribution in [0.15, 0.2) is 23.8 Å². The molecule has 0 aromatic carbocycles. The molecular weight excluding hydrogens is 528 g/mol. The molecule has 0 aromatic heterocycles. The molecule has 0 unspecified atom stereocenters. The monoisotopic (exact) mass is 545 g/mol. The van der Waals surface area contributed by atoms with Crippen LogP contribution >= 0.6 is 0 Å². The summed E-state index contributed by atoms with van der Waals surface area (Å²) in [6.45, 7) is 6.00. The quantitative estimate of drug-likeness (QED) is 0.284. The second-order valence-corrected chi connectivity index (χ2v) is 3.69. The van der Waals surface area contributed by atoms with Gasteiger partial charge < -0.3 is 70.9 Å². The van der Waals surface area contributed by atoms with E-state index in [4.69, 9.17) is 14.4 Å². The molecule has 1 rings (SSSR count). The number of methoxy groups -OCH3 is 1. The maximum atomic E-state index is 10.7. The minimum atomic E-state index is -6.00. The summed E-state index contributed by atoms with van der Waals surface area (Å²) in [7, 11) is -16.6. The van der Waals surface area contributed by atoms with Crippen molar-refractivity contribution in [3.05, 3.63) is 23.8 Å². The topological polar surface area (TPSA) is 77.5 Å². The van der Waals surface area contributed by atoms with Crippen molar-refractivity contribution in [1.29, 1.82) is 0 Å². The van der Waals surface area contributed by atoms with E-state index < -0.39 is 21.8 Å². The summed E-state index contributed by atoms with van der Waals surface area (Å²) in [5.74, 6) is -0.157. The summed E-state index contributed by atoms with van der Waals surface area (Å²) in [5.41, 5.74) is 1.13. The van der Waals surface area contributed by atoms with Crippen molar-refractivity contribution in [2.75, 3.05) is 7.11 Å². The summed E-state index contributed by atoms with van der Waals surface area (Å²) in [5, 5.41) is 0. The second-order valence-electron chi connectivity index (χ2n) is 3.69. The number of halogens is 12. The average molecular weight is 545 g/mol. The van der Waals surface area contributed by atoms with Crippen LogP contribution in [0.4, 0.5) is 51.8 Å². The Morgan fingerprint density at radius 2 is 1.03 bits per heavy atom. The first-order valence-electron chi connectivity index (χ1n) is 6.73. The molecule has 0 aromatic rings. The van der Waals surface area contributed by atoms with E-state index in [-0.39, 0.29) is 23.0 Å². The Balaban J connectivity index is -0.0000000499. The van der Waals surface area contributed by atoms with Crippen LogP contribution < -0.4 is 0 Å². The van der Waals surface area contributed by atoms with Gasteiger partial charge in [0, 0.05) is 0 Å². The van der Waals surface area contributed by atoms with Crippen LogP contribution in [0, 0.1) is 0 Å². The van der Waals surface area contributed by atoms with Crippen LogP contribution in [0.2, 0.25) is 0 Å². The number of carbonyl (C=O) groups is 4. The van der Waals surface area contributed by atoms with Gasteiger partial charge in [-0.15, -0.1) is 0 Å². The molecule has 0 saturated carbocycles. The Kier molecular flexibility index (Phi) is 42.9. The summed E-state index contributed by atoms with van der Waals surface area (Å²) in [6.07, 6.45) is 7.27. The Labute approximate surface area is 185 Å². The van der Waals surface area contributed by atoms with E-state index in [9.17, 15) is 56.6 Å². The summed E-state index contributed by atoms with van der Waals surface area (Å²) < 4.78 is 122. The molecule has 32 heavy (non-hydrogen) atoms. The molecule has 1 radical (unpaired) electrons. The number of rotatable bonds is 2. The van der Waals surface area contributed by atoms with Crippen LogP contribution in [0.3, 0.4) is 0 Å². The van der Waals surface area contributed by atoms with Gasteiger partial charge in [0.2, 0.25) is 0 Å². The van der Waals surface area contributed by atoms with E-state index >= 15 is 0 Å². The SMILES string of the molecule is C=O.C=O.C=O.COC(=O)CC1=CC=CC1.F[B-](F)(F)F.F[B-](F)(F)F.F[B-](F)(F)F.[Fe+3]. The molecular formula is C11H16B3F12FeO5. The maximum Gasteiger partial charge on any atom is 3.00 e. The molecule has 1 aliphatic rings. The van der Waals surface area contributed by atoms with Gasteiger partial charge in [0.05, 0.1) is 13.5 Å². The fourth-order valence-corrected chi connectivity index (χ4v) is 0.880. The van der Waals surface area contributed by atoms with Gasteiger partial charge in [-0.2, -0.15) is 0 Å². The van der Waals surface area contributed by atoms with E-state index in [1.807, 2.05) is 38.6 Å². The molecule has 0 bridgehead atoms. The molecule has 0 saturated heterocycles. The van der Waals surface area contributed by atoms with Crippen molar-refractivity contribution in [2.45, 2.75) is 12.8 Å². The number of hydrogen-bond donors (Lipinski definition) is 0. The van der Waals surface area contributed by atoms with Crippen molar-refractivity contribution < 1.29 is 92.8 Å². The molecule has 0 fully saturated rings. The van der Waals surface area contributed by atoms with E-state index in [2.05, 4.69) is 4.74 Å². The van der Waals surface area contributed by atoms with Crippen molar-refractivity contribution in [2.24, 2.45) is 0 Å². The molecule has 0 spiro atoms. The molecule has 21 heteroatoms. The Morgan fingerprint density at radius 3 is 1.19 bits per heavy atom. The molecule has 0 amide bonds. The van der Waals surface area contributed by atoms with E-state index in [1.165, 1.54) is 7.11 Å². The first-order valence-corrected chi connectivity index (χ1v) is 6.73. The predicted molar refractivity (Wildman–Crippen MR) is 90.4 cm³/mol. The van der Waals surface area contributed by atoms with Gasteiger partial charge in [-0.25, -0.2) is 0 Å². The fraction of sp³-hybridized carbons (Fsp3) is 0.273. The molecule has 0 N–H and O–H groups in total. The first-order chi connectivity index (χ1) is 13.8. The molecule has 5 nitrogen and oxygen atoms in total. The zero-order chi connectivity index (χ0) is 26.9. The third-order valence-corrected chi connectivity index (χ3v) is 1.45. The van der Waals surface area contributed by atoms with Crippen molar-refractivity contribution in [1.82, 2.24) is 0 Å². The zero-order valence-corrected chi connectivity index (χ0v) is 17.0. The minimum Gasteiger partial charge on any atom is -0.469 e. The van der Waals surface area contributed by atoms with Crippen molar-refractivity contribution in [3.8, 4) is 0 Å². The normalized spacial score (nSPS) is 10.7. The number of ether oxygens (including phenoxy) is 1. The van der Waals surface area contributed by atoms with Crippen LogP contribution in [-0.2, 0) is 41.0 Å². The van der Waals surface area contributed by atoms with Gasteiger partial charge in [-0.3, -0.25) is 4.79 Å². The van der Waals surface area contributed by atoms with Crippen LogP contribution in [-0.4, -0.2) is 55.2 Å². The second kappa shape index (κ2) is 28.8. The van der Waals surface area contributed by atoms with Crippen LogP contribution in [0.5, 0.6) is 0 Å². The third kappa shape index (κ3) is 171. The Hall–Kier alpha value is -2.17. The van der Waals surface area contributed by atoms with Crippen LogP contribution in [0.1, 0.15) is 12.8 Å². The zero-order valence-electron chi connectivity index (χ0n) is 15.9. The van der Waals surface area contributed by atoms with Crippen molar-refractivity contribution in [3.63, 3.8) is 0 Å². The largest absolute Gasteiger partial charge is 3.00 e. The smallest absolute Gasteiger partial charge is 0.469 e. The Morgan fingerprint density at radius 1 is 0.781 bits per heavy atom. The standard InChI is InChI=1S/C8H10O2.3CH2O.3BF4.Fe/c1-10-8(9)6-7-4-2-3-5-7;3*1-2;3*2-1(3,4)5;/h2-4H,5-6H2,1H3;3*1H2;;;;/q;;;;3*-1;+3. The minimum absolute atomic E-state index is 0. The molecule has 0 aliphatic heterocycles. The van der Waals surface area contributed by atoms with Gasteiger partial charge in [0.25, 0.3) is 0 Å². The average Bonchev–Trinajstić information content (AvgIpc) is 3.09. The molecule has 191 valence electrons. The maximum absolute atomic E-state index is 10.7. The fourth-order valence-electron chi connectivity index (χ4n) is 0.880. The molecule has 0 atom stereocenters. The van der Waals surface area contributed by atoms with Crippen molar-refractivity contribution >= 4 is 48.1 Å². The molecule has 0 heterocycles. The van der Waals surface area contributed by atoms with E-state index in [0.29, 0.717) is 6.42 Å². The van der Waals surface area contributed by atoms with E-state index in [0.717, 1.165) is 12.0 Å². The number of esters is 1. The van der Waals surface area contributed by atoms with Crippen LogP contribution in [0.25, 0.3) is 0 Å². The first kappa shape index (κ1) is 47.6.